The van der Waals surface area contributed by atoms with Crippen LogP contribution in [-0.2, 0) is 0 Å². The number of alkyl halides is 2. The molecule has 0 aliphatic rings. The van der Waals surface area contributed by atoms with Crippen LogP contribution < -0.4 is 0 Å². The van der Waals surface area contributed by atoms with E-state index < -0.39 is 6.43 Å². The predicted octanol–water partition coefficient (Wildman–Crippen LogP) is 4.91. The number of aryl methyl sites for hydroxylation is 1. The van der Waals surface area contributed by atoms with Crippen LogP contribution in [0.1, 0.15) is 17.6 Å². The molecule has 74 valence electrons. The topological polar surface area (TPSA) is 0 Å². The number of hydrogen-bond donors (Lipinski definition) is 0. The van der Waals surface area contributed by atoms with E-state index in [1.54, 1.807) is 12.1 Å². The molecule has 0 atom stereocenters. The summed E-state index contributed by atoms with van der Waals surface area (Å²) in [5.74, 6) is 0. The number of halogens is 3. The highest BCUT2D eigenvalue weighted by atomic mass is 79.9. The fraction of sp³-hybridized carbons (Fsp3) is 0.200. The molecule has 0 fully saturated rings. The summed E-state index contributed by atoms with van der Waals surface area (Å²) < 4.78 is 26.8. The van der Waals surface area contributed by atoms with Gasteiger partial charge in [0, 0.05) is 10.3 Å². The van der Waals surface area contributed by atoms with Gasteiger partial charge in [-0.15, -0.1) is 11.3 Å². The molecule has 4 heteroatoms. The van der Waals surface area contributed by atoms with E-state index in [4.69, 9.17) is 0 Å². The van der Waals surface area contributed by atoms with Crippen molar-refractivity contribution in [2.75, 3.05) is 0 Å². The molecule has 14 heavy (non-hydrogen) atoms. The second kappa shape index (κ2) is 3.59. The Kier molecular flexibility index (Phi) is 2.58. The highest BCUT2D eigenvalue weighted by molar-refractivity contribution is 9.11. The number of rotatable bonds is 1. The van der Waals surface area contributed by atoms with Gasteiger partial charge >= 0.3 is 0 Å². The van der Waals surface area contributed by atoms with Gasteiger partial charge in [-0.2, -0.15) is 0 Å². The van der Waals surface area contributed by atoms with Crippen LogP contribution >= 0.6 is 27.3 Å². The van der Waals surface area contributed by atoms with Crippen molar-refractivity contribution in [2.24, 2.45) is 0 Å². The molecule has 0 aliphatic carbocycles. The maximum Gasteiger partial charge on any atom is 0.263 e. The molecule has 0 unspecified atom stereocenters. The van der Waals surface area contributed by atoms with Crippen LogP contribution in [0.5, 0.6) is 0 Å². The van der Waals surface area contributed by atoms with Crippen LogP contribution in [-0.4, -0.2) is 0 Å². The van der Waals surface area contributed by atoms with Crippen molar-refractivity contribution < 1.29 is 8.78 Å². The average Bonchev–Trinajstić information content (AvgIpc) is 2.45. The lowest BCUT2D eigenvalue weighted by Crippen LogP contribution is -1.84. The zero-order chi connectivity index (χ0) is 10.3. The lowest BCUT2D eigenvalue weighted by atomic mass is 10.1. The Morgan fingerprint density at radius 2 is 2.00 bits per heavy atom. The molecule has 0 nitrogen and oxygen atoms in total. The van der Waals surface area contributed by atoms with Crippen LogP contribution in [0.2, 0.25) is 0 Å². The predicted molar refractivity (Wildman–Crippen MR) is 59.2 cm³/mol. The Labute approximate surface area is 92.7 Å². The quantitative estimate of drug-likeness (QED) is 0.694. The van der Waals surface area contributed by atoms with Crippen LogP contribution in [0.3, 0.4) is 0 Å². The van der Waals surface area contributed by atoms with E-state index >= 15 is 0 Å². The first-order valence-electron chi connectivity index (χ1n) is 4.05. The summed E-state index contributed by atoms with van der Waals surface area (Å²) in [6.07, 6.45) is -2.39. The van der Waals surface area contributed by atoms with Gasteiger partial charge in [-0.05, 0) is 52.0 Å². The van der Waals surface area contributed by atoms with E-state index in [9.17, 15) is 8.78 Å². The summed E-state index contributed by atoms with van der Waals surface area (Å²) in [6, 6.07) is 5.07. The molecule has 0 saturated carbocycles. The van der Waals surface area contributed by atoms with Gasteiger partial charge in [0.25, 0.3) is 6.43 Å². The highest BCUT2D eigenvalue weighted by Gasteiger charge is 2.11. The number of thiophene rings is 1. The van der Waals surface area contributed by atoms with Crippen molar-refractivity contribution in [1.82, 2.24) is 0 Å². The smallest absolute Gasteiger partial charge is 0.205 e. The van der Waals surface area contributed by atoms with Crippen LogP contribution in [0.4, 0.5) is 8.78 Å². The van der Waals surface area contributed by atoms with Crippen molar-refractivity contribution in [3.63, 3.8) is 0 Å². The molecule has 1 aromatic carbocycles. The summed E-state index contributed by atoms with van der Waals surface area (Å²) in [5, 5.41) is 1.05. The molecule has 0 N–H and O–H groups in total. The van der Waals surface area contributed by atoms with Crippen LogP contribution in [0.25, 0.3) is 10.1 Å². The van der Waals surface area contributed by atoms with Gasteiger partial charge in [0.05, 0.1) is 3.79 Å². The van der Waals surface area contributed by atoms with E-state index in [0.717, 1.165) is 19.4 Å². The SMILES string of the molecule is Cc1cc(C(F)F)cc2sc(Br)cc12. The van der Waals surface area contributed by atoms with Gasteiger partial charge in [0.1, 0.15) is 0 Å². The molecule has 1 aromatic heterocycles. The molecular weight excluding hydrogens is 270 g/mol. The summed E-state index contributed by atoms with van der Waals surface area (Å²) in [6.45, 7) is 1.85. The summed E-state index contributed by atoms with van der Waals surface area (Å²) in [7, 11) is 0. The Morgan fingerprint density at radius 1 is 1.29 bits per heavy atom. The molecule has 1 heterocycles. The lowest BCUT2D eigenvalue weighted by Gasteiger charge is -2.02. The Hall–Kier alpha value is -0.480. The largest absolute Gasteiger partial charge is 0.263 e. The van der Waals surface area contributed by atoms with E-state index in [1.807, 2.05) is 13.0 Å². The molecule has 0 spiro atoms. The molecule has 0 bridgehead atoms. The number of hydrogen-bond acceptors (Lipinski definition) is 1. The minimum Gasteiger partial charge on any atom is -0.205 e. The third-order valence-corrected chi connectivity index (χ3v) is 3.67. The standard InChI is InChI=1S/C10H7BrF2S/c1-5-2-6(10(12)13)3-8-7(5)4-9(11)14-8/h2-4,10H,1H3. The van der Waals surface area contributed by atoms with Crippen LogP contribution in [0.15, 0.2) is 22.0 Å². The normalized spacial score (nSPS) is 11.5. The fourth-order valence-electron chi connectivity index (χ4n) is 1.44. The maximum atomic E-state index is 12.5. The van der Waals surface area contributed by atoms with Gasteiger partial charge in [-0.1, -0.05) is 0 Å². The minimum absolute atomic E-state index is 0.101. The first kappa shape index (κ1) is 10.1. The van der Waals surface area contributed by atoms with E-state index in [1.165, 1.54) is 11.3 Å². The Balaban J connectivity index is 2.71. The zero-order valence-corrected chi connectivity index (χ0v) is 9.75. The van der Waals surface area contributed by atoms with E-state index in [-0.39, 0.29) is 5.56 Å². The number of benzene rings is 1. The van der Waals surface area contributed by atoms with Crippen molar-refractivity contribution in [2.45, 2.75) is 13.3 Å². The van der Waals surface area contributed by atoms with Crippen molar-refractivity contribution in [3.8, 4) is 0 Å². The van der Waals surface area contributed by atoms with Gasteiger partial charge in [-0.3, -0.25) is 0 Å². The van der Waals surface area contributed by atoms with E-state index in [2.05, 4.69) is 15.9 Å². The summed E-state index contributed by atoms with van der Waals surface area (Å²) in [4.78, 5) is 0. The second-order valence-electron chi connectivity index (χ2n) is 3.10. The molecule has 2 aromatic rings. The monoisotopic (exact) mass is 276 g/mol. The van der Waals surface area contributed by atoms with Gasteiger partial charge in [0.2, 0.25) is 0 Å². The van der Waals surface area contributed by atoms with Gasteiger partial charge in [-0.25, -0.2) is 8.78 Å². The lowest BCUT2D eigenvalue weighted by molar-refractivity contribution is 0.151. The molecule has 0 saturated heterocycles. The van der Waals surface area contributed by atoms with Crippen molar-refractivity contribution >= 4 is 37.4 Å². The third kappa shape index (κ3) is 1.68. The highest BCUT2D eigenvalue weighted by Crippen LogP contribution is 2.34. The zero-order valence-electron chi connectivity index (χ0n) is 7.35. The summed E-state index contributed by atoms with van der Waals surface area (Å²) >= 11 is 4.83. The van der Waals surface area contributed by atoms with Crippen molar-refractivity contribution in [3.05, 3.63) is 33.1 Å². The third-order valence-electron chi connectivity index (χ3n) is 2.09. The molecule has 0 aliphatic heterocycles. The van der Waals surface area contributed by atoms with E-state index in [0.29, 0.717) is 0 Å². The maximum absolute atomic E-state index is 12.5. The first-order chi connectivity index (χ1) is 6.58. The molecule has 2 rings (SSSR count). The van der Waals surface area contributed by atoms with Gasteiger partial charge in [0.15, 0.2) is 0 Å². The Morgan fingerprint density at radius 3 is 2.64 bits per heavy atom. The number of fused-ring (bicyclic) bond motifs is 1. The second-order valence-corrected chi connectivity index (χ2v) is 5.56. The summed E-state index contributed by atoms with van der Waals surface area (Å²) in [5.41, 5.74) is 1.00. The average molecular weight is 277 g/mol. The Bertz CT molecular complexity index is 476. The van der Waals surface area contributed by atoms with Crippen LogP contribution in [0, 0.1) is 6.92 Å². The molecule has 0 amide bonds. The first-order valence-corrected chi connectivity index (χ1v) is 5.66. The molecular formula is C10H7BrF2S. The van der Waals surface area contributed by atoms with Crippen molar-refractivity contribution in [1.29, 1.82) is 0 Å². The van der Waals surface area contributed by atoms with Gasteiger partial charge < -0.3 is 0 Å². The minimum atomic E-state index is -2.39. The fourth-order valence-corrected chi connectivity index (χ4v) is 3.10. The molecule has 0 radical (unpaired) electrons.